The van der Waals surface area contributed by atoms with Gasteiger partial charge in [0, 0.05) is 5.56 Å². The molecule has 0 atom stereocenters. The van der Waals surface area contributed by atoms with E-state index in [1.807, 2.05) is 42.6 Å². The Morgan fingerprint density at radius 2 is 1.95 bits per heavy atom. The van der Waals surface area contributed by atoms with Crippen molar-refractivity contribution >= 4 is 33.7 Å². The Morgan fingerprint density at radius 3 is 2.65 bits per heavy atom. The topological polar surface area (TPSA) is 54.9 Å². The van der Waals surface area contributed by atoms with Gasteiger partial charge in [-0.1, -0.05) is 41.2 Å². The van der Waals surface area contributed by atoms with Gasteiger partial charge in [-0.2, -0.15) is 0 Å². The number of nitrogens with zero attached hydrogens (tertiary/aromatic N) is 2. The van der Waals surface area contributed by atoms with Crippen molar-refractivity contribution in [3.8, 4) is 11.1 Å². The van der Waals surface area contributed by atoms with Crippen LogP contribution in [-0.4, -0.2) is 16.1 Å². The second-order valence-corrected chi connectivity index (χ2v) is 5.98. The van der Waals surface area contributed by atoms with Crippen LogP contribution in [-0.2, 0) is 0 Å². The highest BCUT2D eigenvalue weighted by molar-refractivity contribution is 7.14. The minimum atomic E-state index is -0.146. The van der Waals surface area contributed by atoms with E-state index >= 15 is 0 Å². The molecule has 6 heteroatoms. The molecule has 3 aromatic rings. The minimum Gasteiger partial charge on any atom is -0.296 e. The Labute approximate surface area is 124 Å². The predicted octanol–water partition coefficient (Wildman–Crippen LogP) is 3.83. The van der Waals surface area contributed by atoms with Crippen LogP contribution in [0.25, 0.3) is 11.1 Å². The highest BCUT2D eigenvalue weighted by atomic mass is 32.1. The lowest BCUT2D eigenvalue weighted by Gasteiger charge is -2.04. The fourth-order valence-corrected chi connectivity index (χ4v) is 3.08. The third kappa shape index (κ3) is 2.61. The van der Waals surface area contributed by atoms with Gasteiger partial charge in [-0.3, -0.25) is 10.1 Å². The number of hydrogen-bond donors (Lipinski definition) is 1. The van der Waals surface area contributed by atoms with Gasteiger partial charge >= 0.3 is 0 Å². The van der Waals surface area contributed by atoms with E-state index in [2.05, 4.69) is 15.5 Å². The fourth-order valence-electron chi connectivity index (χ4n) is 1.83. The van der Waals surface area contributed by atoms with Gasteiger partial charge in [0.15, 0.2) is 0 Å². The van der Waals surface area contributed by atoms with Crippen molar-refractivity contribution in [3.63, 3.8) is 0 Å². The van der Waals surface area contributed by atoms with Crippen molar-refractivity contribution in [1.82, 2.24) is 10.2 Å². The Kier molecular flexibility index (Phi) is 3.58. The average Bonchev–Trinajstić information content (AvgIpc) is 3.10. The molecule has 0 bridgehead atoms. The number of aromatic nitrogens is 2. The van der Waals surface area contributed by atoms with Gasteiger partial charge in [-0.25, -0.2) is 0 Å². The van der Waals surface area contributed by atoms with Crippen molar-refractivity contribution in [2.24, 2.45) is 0 Å². The first-order valence-corrected chi connectivity index (χ1v) is 7.72. The molecule has 1 aromatic carbocycles. The maximum Gasteiger partial charge on any atom is 0.268 e. The summed E-state index contributed by atoms with van der Waals surface area (Å²) in [5, 5.41) is 12.7. The lowest BCUT2D eigenvalue weighted by molar-refractivity contribution is 0.103. The van der Waals surface area contributed by atoms with Crippen LogP contribution in [0, 0.1) is 6.92 Å². The van der Waals surface area contributed by atoms with Crippen LogP contribution in [0.1, 0.15) is 15.2 Å². The molecule has 0 aliphatic carbocycles. The summed E-state index contributed by atoms with van der Waals surface area (Å²) >= 11 is 2.73. The number of rotatable bonds is 3. The third-order valence-corrected chi connectivity index (χ3v) is 4.33. The van der Waals surface area contributed by atoms with Crippen LogP contribution in [0.15, 0.2) is 41.2 Å². The van der Waals surface area contributed by atoms with Gasteiger partial charge in [0.2, 0.25) is 5.13 Å². The molecule has 100 valence electrons. The van der Waals surface area contributed by atoms with E-state index in [-0.39, 0.29) is 5.91 Å². The summed E-state index contributed by atoms with van der Waals surface area (Å²) in [6.07, 6.45) is 0. The molecule has 20 heavy (non-hydrogen) atoms. The highest BCUT2D eigenvalue weighted by Gasteiger charge is 2.15. The van der Waals surface area contributed by atoms with Gasteiger partial charge in [-0.05, 0) is 23.9 Å². The Bertz CT molecular complexity index is 717. The van der Waals surface area contributed by atoms with Crippen LogP contribution >= 0.6 is 22.7 Å². The maximum absolute atomic E-state index is 12.3. The van der Waals surface area contributed by atoms with Crippen LogP contribution in [0.5, 0.6) is 0 Å². The zero-order valence-corrected chi connectivity index (χ0v) is 12.3. The first kappa shape index (κ1) is 13.0. The molecule has 0 unspecified atom stereocenters. The van der Waals surface area contributed by atoms with Crippen LogP contribution in [0.4, 0.5) is 5.13 Å². The molecule has 0 fully saturated rings. The molecule has 0 spiro atoms. The van der Waals surface area contributed by atoms with E-state index in [0.717, 1.165) is 11.1 Å². The van der Waals surface area contributed by atoms with Crippen molar-refractivity contribution in [2.75, 3.05) is 5.32 Å². The monoisotopic (exact) mass is 301 g/mol. The Hall–Kier alpha value is -2.05. The van der Waals surface area contributed by atoms with Gasteiger partial charge in [-0.15, -0.1) is 21.5 Å². The lowest BCUT2D eigenvalue weighted by Crippen LogP contribution is -2.11. The zero-order chi connectivity index (χ0) is 13.9. The summed E-state index contributed by atoms with van der Waals surface area (Å²) in [4.78, 5) is 13.0. The molecule has 0 saturated carbocycles. The number of aryl methyl sites for hydroxylation is 1. The van der Waals surface area contributed by atoms with E-state index < -0.39 is 0 Å². The number of carbonyl (C=O) groups excluding carboxylic acids is 1. The number of amides is 1. The Morgan fingerprint density at radius 1 is 1.15 bits per heavy atom. The highest BCUT2D eigenvalue weighted by Crippen LogP contribution is 2.29. The van der Waals surface area contributed by atoms with Gasteiger partial charge in [0.25, 0.3) is 5.91 Å². The van der Waals surface area contributed by atoms with E-state index in [1.54, 1.807) is 5.51 Å². The van der Waals surface area contributed by atoms with E-state index in [4.69, 9.17) is 0 Å². The number of carbonyl (C=O) groups is 1. The molecule has 3 rings (SSSR count). The number of nitrogens with one attached hydrogen (secondary N) is 1. The van der Waals surface area contributed by atoms with Crippen molar-refractivity contribution < 1.29 is 4.79 Å². The number of anilines is 1. The number of benzene rings is 1. The van der Waals surface area contributed by atoms with Gasteiger partial charge in [0.1, 0.15) is 10.4 Å². The van der Waals surface area contributed by atoms with Crippen LogP contribution < -0.4 is 5.32 Å². The molecule has 2 heterocycles. The summed E-state index contributed by atoms with van der Waals surface area (Å²) < 4.78 is 0. The summed E-state index contributed by atoms with van der Waals surface area (Å²) in [6.45, 7) is 2.04. The van der Waals surface area contributed by atoms with Crippen molar-refractivity contribution in [3.05, 3.63) is 51.7 Å². The summed E-state index contributed by atoms with van der Waals surface area (Å²) in [7, 11) is 0. The molecule has 2 aromatic heterocycles. The summed E-state index contributed by atoms with van der Waals surface area (Å²) in [5.41, 5.74) is 4.77. The summed E-state index contributed by atoms with van der Waals surface area (Å²) in [6, 6.07) is 10.1. The third-order valence-electron chi connectivity index (χ3n) is 2.81. The molecular formula is C14H11N3OS2. The maximum atomic E-state index is 12.3. The standard InChI is InChI=1S/C14H11N3OS2/c1-9-2-4-10(5-3-9)11-6-7-19-12(11)13(18)16-14-17-15-8-20-14/h2-8H,1H3,(H,16,17,18). The average molecular weight is 301 g/mol. The van der Waals surface area contributed by atoms with E-state index in [0.29, 0.717) is 10.0 Å². The zero-order valence-electron chi connectivity index (χ0n) is 10.7. The quantitative estimate of drug-likeness (QED) is 0.800. The largest absolute Gasteiger partial charge is 0.296 e. The van der Waals surface area contributed by atoms with Crippen LogP contribution in [0.3, 0.4) is 0 Å². The van der Waals surface area contributed by atoms with Gasteiger partial charge < -0.3 is 0 Å². The minimum absolute atomic E-state index is 0.146. The molecular weight excluding hydrogens is 290 g/mol. The van der Waals surface area contributed by atoms with Crippen LogP contribution in [0.2, 0.25) is 0 Å². The second-order valence-electron chi connectivity index (χ2n) is 4.23. The first-order chi connectivity index (χ1) is 9.74. The molecule has 0 aliphatic heterocycles. The molecule has 1 N–H and O–H groups in total. The van der Waals surface area contributed by atoms with Crippen molar-refractivity contribution in [2.45, 2.75) is 6.92 Å². The first-order valence-electron chi connectivity index (χ1n) is 5.96. The Balaban J connectivity index is 1.90. The van der Waals surface area contributed by atoms with Gasteiger partial charge in [0.05, 0.1) is 0 Å². The molecule has 0 aliphatic rings. The smallest absolute Gasteiger partial charge is 0.268 e. The number of hydrogen-bond acceptors (Lipinski definition) is 5. The van der Waals surface area contributed by atoms with E-state index in [1.165, 1.54) is 28.2 Å². The number of thiophene rings is 1. The summed E-state index contributed by atoms with van der Waals surface area (Å²) in [5.74, 6) is -0.146. The molecule has 0 saturated heterocycles. The second kappa shape index (κ2) is 5.52. The normalized spacial score (nSPS) is 10.4. The fraction of sp³-hybridized carbons (Fsp3) is 0.0714. The van der Waals surface area contributed by atoms with Crippen molar-refractivity contribution in [1.29, 1.82) is 0 Å². The molecule has 0 radical (unpaired) electrons. The molecule has 4 nitrogen and oxygen atoms in total. The molecule has 1 amide bonds. The SMILES string of the molecule is Cc1ccc(-c2ccsc2C(=O)Nc2nncs2)cc1. The van der Waals surface area contributed by atoms with E-state index in [9.17, 15) is 4.79 Å². The predicted molar refractivity (Wildman–Crippen MR) is 82.4 cm³/mol. The lowest BCUT2D eigenvalue weighted by atomic mass is 10.0.